The van der Waals surface area contributed by atoms with Crippen LogP contribution in [0.2, 0.25) is 10.0 Å². The Hall–Kier alpha value is -5.18. The number of halogens is 2. The number of aliphatic hydroxyl groups excluding tert-OH is 2. The van der Waals surface area contributed by atoms with Crippen LogP contribution in [0.25, 0.3) is 0 Å². The molecular weight excluding hydrogens is 1200 g/mol. The summed E-state index contributed by atoms with van der Waals surface area (Å²) in [6.45, 7) is 11.7. The Morgan fingerprint density at radius 2 is 1.02 bits per heavy atom. The molecule has 4 aliphatic heterocycles. The van der Waals surface area contributed by atoms with E-state index in [9.17, 15) is 36.6 Å². The van der Waals surface area contributed by atoms with Gasteiger partial charge in [-0.2, -0.15) is 0 Å². The lowest BCUT2D eigenvalue weighted by Crippen LogP contribution is -2.49. The molecule has 476 valence electrons. The number of carbonyl (C=O) groups is 2. The number of anilines is 2. The molecule has 8 aliphatic rings. The molecule has 0 unspecified atom stereocenters. The van der Waals surface area contributed by atoms with Gasteiger partial charge in [0.2, 0.25) is 20.0 Å². The first-order valence-electron chi connectivity index (χ1n) is 31.8. The van der Waals surface area contributed by atoms with E-state index >= 15 is 0 Å². The highest BCUT2D eigenvalue weighted by Gasteiger charge is 2.47. The van der Waals surface area contributed by atoms with Crippen molar-refractivity contribution in [2.75, 3.05) is 75.6 Å². The number of nitrogens with one attached hydrogen (secondary N) is 2. The highest BCUT2D eigenvalue weighted by molar-refractivity contribution is 7.91. The van der Waals surface area contributed by atoms with E-state index in [-0.39, 0.29) is 70.7 Å². The second-order valence-electron chi connectivity index (χ2n) is 26.2. The van der Waals surface area contributed by atoms with Crippen LogP contribution in [0.5, 0.6) is 11.5 Å². The maximum atomic E-state index is 13.6. The van der Waals surface area contributed by atoms with Gasteiger partial charge in [0.25, 0.3) is 11.8 Å². The van der Waals surface area contributed by atoms with Crippen LogP contribution >= 0.6 is 23.2 Å². The van der Waals surface area contributed by atoms with E-state index in [2.05, 4.69) is 43.5 Å². The van der Waals surface area contributed by atoms with E-state index in [1.807, 2.05) is 64.1 Å². The number of nitrogens with zero attached hydrogens (tertiary/aromatic N) is 2. The van der Waals surface area contributed by atoms with E-state index in [1.165, 1.54) is 22.3 Å². The maximum Gasteiger partial charge on any atom is 0.264 e. The highest BCUT2D eigenvalue weighted by atomic mass is 35.5. The number of amides is 2. The smallest absolute Gasteiger partial charge is 0.264 e. The van der Waals surface area contributed by atoms with E-state index < -0.39 is 54.6 Å². The summed E-state index contributed by atoms with van der Waals surface area (Å²) in [4.78, 5) is 31.7. The quantitative estimate of drug-likeness (QED) is 0.132. The van der Waals surface area contributed by atoms with E-state index in [0.29, 0.717) is 76.9 Å². The number of sulfonamides is 2. The Morgan fingerprint density at radius 3 is 1.41 bits per heavy atom. The molecule has 2 fully saturated rings. The third-order valence-electron chi connectivity index (χ3n) is 20.5. The Morgan fingerprint density at radius 1 is 0.602 bits per heavy atom. The molecule has 12 atom stereocenters. The fourth-order valence-electron chi connectivity index (χ4n) is 15.2. The standard InChI is InChI=1S/2C34H43ClN2O6S/c2*1-3-42-19-32-22(2)6-4-8-30(38)27-12-9-25(27)18-37-20-34(15-5-7-23-16-26(35)11-13-28(23)34)21-43-31-14-10-24(17-29(31)37)33(39)36-44(32,40)41/h2*4,8,10-11,13-14,16-17,22,25,27,30,32,38H,3,5-7,9,12,15,18-21H2,1-2H3,(H,36,39)/b2*8-4+/t22-,25-,27+,30-,32+,34-;22-,25-,27+,30-,32-,34-/m00/s1. The Bertz CT molecular complexity index is 3290. The van der Waals surface area contributed by atoms with Crippen molar-refractivity contribution in [2.45, 2.75) is 138 Å². The van der Waals surface area contributed by atoms with Crippen molar-refractivity contribution in [1.82, 2.24) is 9.44 Å². The van der Waals surface area contributed by atoms with Crippen molar-refractivity contribution in [2.24, 2.45) is 35.5 Å². The number of fused-ring (bicyclic) bond motifs is 8. The largest absolute Gasteiger partial charge is 0.490 e. The van der Waals surface area contributed by atoms with E-state index in [4.69, 9.17) is 42.1 Å². The van der Waals surface area contributed by atoms with Gasteiger partial charge in [-0.25, -0.2) is 26.3 Å². The SMILES string of the molecule is CCOC[C@@H]1[C@@H](C)C/C=C/[C@H](O)[C@@H]2CC[C@H]2CN2C[C@@]3(CCCc4cc(Cl)ccc43)COc3ccc(cc32)C(=O)NS1(=O)=O.CCOC[C@H]1[C@@H](C)C/C=C/[C@H](O)[C@@H]2CC[C@H]2CN2C[C@@]3(CCCc4cc(Cl)ccc43)COc3ccc(cc32)C(=O)NS1(=O)=O. The van der Waals surface area contributed by atoms with E-state index in [1.54, 1.807) is 36.4 Å². The molecule has 2 saturated carbocycles. The van der Waals surface area contributed by atoms with Gasteiger partial charge in [-0.05, 0) is 209 Å². The minimum Gasteiger partial charge on any atom is -0.490 e. The lowest BCUT2D eigenvalue weighted by molar-refractivity contribution is 0.0454. The number of allylic oxidation sites excluding steroid dienone is 2. The molecule has 2 amide bonds. The molecule has 0 radical (unpaired) electrons. The van der Waals surface area contributed by atoms with Gasteiger partial charge < -0.3 is 39.0 Å². The van der Waals surface area contributed by atoms with E-state index in [0.717, 1.165) is 85.6 Å². The third-order valence-corrected chi connectivity index (χ3v) is 24.7. The van der Waals surface area contributed by atoms with Gasteiger partial charge in [0.05, 0.1) is 50.0 Å². The Balaban J connectivity index is 0.000000182. The summed E-state index contributed by atoms with van der Waals surface area (Å²) >= 11 is 12.8. The van der Waals surface area contributed by atoms with Gasteiger partial charge in [0.15, 0.2) is 0 Å². The summed E-state index contributed by atoms with van der Waals surface area (Å²) in [5.41, 5.74) is 6.51. The van der Waals surface area contributed by atoms with Gasteiger partial charge >= 0.3 is 0 Å². The average molecular weight is 1290 g/mol. The molecule has 4 aromatic carbocycles. The number of hydrogen-bond acceptors (Lipinski definition) is 14. The number of aliphatic hydroxyl groups is 2. The predicted octanol–water partition coefficient (Wildman–Crippen LogP) is 10.5. The van der Waals surface area contributed by atoms with Gasteiger partial charge in [0, 0.05) is 71.4 Å². The minimum absolute atomic E-state index is 0.0258. The topological polar surface area (TPSA) is 210 Å². The number of hydrogen-bond donors (Lipinski definition) is 4. The summed E-state index contributed by atoms with van der Waals surface area (Å²) < 4.78 is 83.1. The maximum absolute atomic E-state index is 13.6. The average Bonchev–Trinajstić information content (AvgIpc) is 1.60. The van der Waals surface area contributed by atoms with Crippen LogP contribution in [0, 0.1) is 35.5 Å². The zero-order valence-electron chi connectivity index (χ0n) is 51.0. The minimum atomic E-state index is -4.07. The van der Waals surface area contributed by atoms with Crippen LogP contribution in [0.15, 0.2) is 97.1 Å². The lowest BCUT2D eigenvalue weighted by atomic mass is 9.68. The van der Waals surface area contributed by atoms with Crippen molar-refractivity contribution in [3.05, 3.63) is 141 Å². The first kappa shape index (κ1) is 64.4. The molecule has 0 aromatic heterocycles. The number of aryl methyl sites for hydroxylation is 2. The molecule has 4 bridgehead atoms. The Labute approximate surface area is 529 Å². The molecule has 4 aromatic rings. The summed E-state index contributed by atoms with van der Waals surface area (Å²) in [6.07, 6.45) is 16.8. The van der Waals surface area contributed by atoms with Crippen molar-refractivity contribution in [1.29, 1.82) is 0 Å². The van der Waals surface area contributed by atoms with Crippen molar-refractivity contribution in [3.8, 4) is 11.5 Å². The molecule has 4 heterocycles. The van der Waals surface area contributed by atoms with Crippen LogP contribution in [0.4, 0.5) is 11.4 Å². The number of rotatable bonds is 6. The second-order valence-corrected chi connectivity index (χ2v) is 30.9. The number of ether oxygens (including phenoxy) is 4. The van der Waals surface area contributed by atoms with Crippen molar-refractivity contribution < 1.29 is 55.6 Å². The molecule has 0 saturated heterocycles. The zero-order chi connectivity index (χ0) is 62.1. The summed E-state index contributed by atoms with van der Waals surface area (Å²) in [5.74, 6) is 0.0663. The highest BCUT2D eigenvalue weighted by Crippen LogP contribution is 2.49. The van der Waals surface area contributed by atoms with Crippen LogP contribution in [0.1, 0.15) is 135 Å². The fourth-order valence-corrected chi connectivity index (χ4v) is 18.6. The van der Waals surface area contributed by atoms with Crippen LogP contribution < -0.4 is 28.7 Å². The number of benzene rings is 4. The van der Waals surface area contributed by atoms with Gasteiger partial charge in [-0.15, -0.1) is 0 Å². The number of carbonyl (C=O) groups excluding carboxylic acids is 2. The molecule has 4 aliphatic carbocycles. The van der Waals surface area contributed by atoms with Gasteiger partial charge in [-0.1, -0.05) is 73.5 Å². The van der Waals surface area contributed by atoms with Crippen LogP contribution in [-0.4, -0.2) is 127 Å². The summed E-state index contributed by atoms with van der Waals surface area (Å²) in [6, 6.07) is 22.7. The second kappa shape index (κ2) is 27.0. The van der Waals surface area contributed by atoms with Crippen LogP contribution in [-0.2, 0) is 53.2 Å². The summed E-state index contributed by atoms with van der Waals surface area (Å²) in [5, 5.41) is 22.0. The zero-order valence-corrected chi connectivity index (χ0v) is 54.2. The van der Waals surface area contributed by atoms with Crippen molar-refractivity contribution >= 4 is 66.4 Å². The normalized spacial score (nSPS) is 32.3. The molecule has 88 heavy (non-hydrogen) atoms. The monoisotopic (exact) mass is 1280 g/mol. The van der Waals surface area contributed by atoms with Crippen molar-refractivity contribution in [3.63, 3.8) is 0 Å². The first-order valence-corrected chi connectivity index (χ1v) is 35.6. The third kappa shape index (κ3) is 13.6. The molecule has 16 nitrogen and oxygen atoms in total. The molecule has 4 N–H and O–H groups in total. The predicted molar refractivity (Wildman–Crippen MR) is 344 cm³/mol. The Kier molecular flexibility index (Phi) is 19.7. The van der Waals surface area contributed by atoms with Gasteiger partial charge in [0.1, 0.15) is 22.0 Å². The first-order chi connectivity index (χ1) is 42.2. The summed E-state index contributed by atoms with van der Waals surface area (Å²) in [7, 11) is -8.14. The lowest BCUT2D eigenvalue weighted by Gasteiger charge is -2.45. The van der Waals surface area contributed by atoms with Gasteiger partial charge in [-0.3, -0.25) is 9.59 Å². The fraction of sp³-hybridized carbons (Fsp3) is 0.559. The van der Waals surface area contributed by atoms with Crippen LogP contribution in [0.3, 0.4) is 0 Å². The molecule has 12 rings (SSSR count). The molecular formula is C68H86Cl2N4O12S2. The molecule has 20 heteroatoms. The molecule has 2 spiro atoms.